The fourth-order valence-corrected chi connectivity index (χ4v) is 30.3. The maximum Gasteiger partial charge on any atom is 0.407 e. The van der Waals surface area contributed by atoms with Crippen molar-refractivity contribution >= 4 is 62.5 Å². The van der Waals surface area contributed by atoms with Crippen molar-refractivity contribution in [3.8, 4) is 0 Å². The van der Waals surface area contributed by atoms with Crippen molar-refractivity contribution in [1.29, 1.82) is 0 Å². The van der Waals surface area contributed by atoms with Crippen molar-refractivity contribution in [3.05, 3.63) is 0 Å². The summed E-state index contributed by atoms with van der Waals surface area (Å²) in [5.74, 6) is -0.421. The van der Waals surface area contributed by atoms with E-state index in [-0.39, 0.29) is 26.4 Å². The molecule has 0 aliphatic carbocycles. The quantitative estimate of drug-likeness (QED) is 0.0563. The van der Waals surface area contributed by atoms with Gasteiger partial charge in [0.15, 0.2) is 33.3 Å². The predicted molar refractivity (Wildman–Crippen MR) is 206 cm³/mol. The Balaban J connectivity index is 5.68. The van der Waals surface area contributed by atoms with Gasteiger partial charge in [-0.05, 0) is 124 Å². The van der Waals surface area contributed by atoms with Crippen LogP contribution in [0, 0.1) is 5.41 Å². The van der Waals surface area contributed by atoms with E-state index in [4.69, 9.17) is 35.4 Å². The summed E-state index contributed by atoms with van der Waals surface area (Å²) in [5.41, 5.74) is -0.883. The summed E-state index contributed by atoms with van der Waals surface area (Å²) in [6, 6.07) is 1.62. The molecule has 0 fully saturated rings. The predicted octanol–water partition coefficient (Wildman–Crippen LogP) is 7.65. The molecule has 0 bridgehead atoms. The molecule has 17 heteroatoms. The third-order valence-electron chi connectivity index (χ3n) is 6.16. The van der Waals surface area contributed by atoms with Crippen LogP contribution in [0.15, 0.2) is 0 Å². The zero-order valence-corrected chi connectivity index (χ0v) is 38.9. The molecule has 1 amide bonds. The normalized spacial score (nSPS) is 13.9. The minimum Gasteiger partial charge on any atom is -0.465 e. The first-order valence-corrected chi connectivity index (χ1v) is 35.8. The van der Waals surface area contributed by atoms with Crippen molar-refractivity contribution < 1.29 is 45.0 Å². The summed E-state index contributed by atoms with van der Waals surface area (Å²) in [5, 5.41) is 2.66. The molecule has 280 valence electrons. The van der Waals surface area contributed by atoms with Crippen molar-refractivity contribution in [3.63, 3.8) is 0 Å². The van der Waals surface area contributed by atoms with Gasteiger partial charge in [-0.3, -0.25) is 4.79 Å². The second-order valence-electron chi connectivity index (χ2n) is 16.8. The number of ether oxygens (including phenoxy) is 4. The van der Waals surface area contributed by atoms with Crippen LogP contribution in [-0.2, 0) is 40.2 Å². The zero-order valence-electron chi connectivity index (χ0n) is 32.9. The lowest BCUT2D eigenvalue weighted by Crippen LogP contribution is -2.52. The molecular weight excluding hydrogens is 703 g/mol. The van der Waals surface area contributed by atoms with Gasteiger partial charge in [0.2, 0.25) is 0 Å². The molecule has 47 heavy (non-hydrogen) atoms. The van der Waals surface area contributed by atoms with Gasteiger partial charge in [-0.2, -0.15) is 0 Å². The molecule has 0 aliphatic rings. The number of nitrogens with one attached hydrogen (secondary N) is 1. The Labute approximate surface area is 293 Å². The van der Waals surface area contributed by atoms with Gasteiger partial charge < -0.3 is 40.7 Å². The Hall–Kier alpha value is -0.199. The first-order valence-electron chi connectivity index (χ1n) is 17.1. The summed E-state index contributed by atoms with van der Waals surface area (Å²) < 4.78 is 50.1. The SMILES string of the molecule is CCNC(=O)OCC(COCCC[Si](C)(O[Si](C)(C)C)O[Si](C)(C)C)(COCCC[Si](C)(O[Si](C)(C)C)O[Si](C)(C)C)COC(C)=O. The highest BCUT2D eigenvalue weighted by atomic mass is 28.5. The maximum atomic E-state index is 12.3. The fraction of sp³-hybridized carbons (Fsp3) is 0.933. The second-order valence-corrected chi connectivity index (χ2v) is 42.5. The van der Waals surface area contributed by atoms with Crippen LogP contribution < -0.4 is 5.32 Å². The number of hydrogen-bond donors (Lipinski definition) is 1. The number of esters is 1. The molecular formula is C30H71NO10Si6. The molecule has 1 N–H and O–H groups in total. The van der Waals surface area contributed by atoms with Crippen LogP contribution in [0.25, 0.3) is 0 Å². The van der Waals surface area contributed by atoms with Crippen LogP contribution in [0.2, 0.25) is 104 Å². The Bertz CT molecular complexity index is 848. The molecule has 0 saturated carbocycles. The molecule has 0 aliphatic heterocycles. The average molecular weight is 774 g/mol. The molecule has 0 aromatic carbocycles. The van der Waals surface area contributed by atoms with Gasteiger partial charge in [0.05, 0.1) is 18.6 Å². The van der Waals surface area contributed by atoms with Gasteiger partial charge in [-0.15, -0.1) is 0 Å². The highest BCUT2D eigenvalue weighted by Crippen LogP contribution is 2.28. The van der Waals surface area contributed by atoms with Gasteiger partial charge >= 0.3 is 29.2 Å². The monoisotopic (exact) mass is 773 g/mol. The van der Waals surface area contributed by atoms with E-state index in [9.17, 15) is 9.59 Å². The number of amides is 1. The van der Waals surface area contributed by atoms with Gasteiger partial charge in [-0.1, -0.05) is 0 Å². The van der Waals surface area contributed by atoms with Gasteiger partial charge in [0.1, 0.15) is 13.2 Å². The molecule has 11 nitrogen and oxygen atoms in total. The largest absolute Gasteiger partial charge is 0.465 e. The Morgan fingerprint density at radius 1 is 0.553 bits per heavy atom. The number of carbonyl (C=O) groups is 2. The average Bonchev–Trinajstić information content (AvgIpc) is 2.81. The van der Waals surface area contributed by atoms with Crippen molar-refractivity contribution in [1.82, 2.24) is 5.32 Å². The third-order valence-corrected chi connectivity index (χ3v) is 25.4. The summed E-state index contributed by atoms with van der Waals surface area (Å²) >= 11 is 0. The standard InChI is InChI=1S/C30H71NO10Si6/c1-17-31-29(33)37-27-30(26-36-28(2)32,24-34-20-18-22-46(15,38-42(3,4)5)39-43(6,7)8)25-35-21-19-23-47(16,40-44(9,10)11)41-45(12,13)14/h17-27H2,1-16H3,(H,31,33). The number of hydrogen-bond acceptors (Lipinski definition) is 10. The van der Waals surface area contributed by atoms with E-state index in [0.29, 0.717) is 19.8 Å². The van der Waals surface area contributed by atoms with Gasteiger partial charge in [-0.25, -0.2) is 4.79 Å². The smallest absolute Gasteiger partial charge is 0.407 e. The second kappa shape index (κ2) is 20.0. The zero-order chi connectivity index (χ0) is 36.8. The lowest BCUT2D eigenvalue weighted by Gasteiger charge is -2.38. The molecule has 0 aromatic rings. The molecule has 0 unspecified atom stereocenters. The van der Waals surface area contributed by atoms with Crippen LogP contribution in [-0.4, -0.2) is 109 Å². The molecule has 0 atom stereocenters. The van der Waals surface area contributed by atoms with E-state index in [0.717, 1.165) is 24.9 Å². The Morgan fingerprint density at radius 2 is 0.894 bits per heavy atom. The fourth-order valence-electron chi connectivity index (χ4n) is 5.32. The molecule has 0 heterocycles. The lowest BCUT2D eigenvalue weighted by molar-refractivity contribution is -0.151. The highest BCUT2D eigenvalue weighted by Gasteiger charge is 2.41. The molecule has 0 aromatic heterocycles. The van der Waals surface area contributed by atoms with E-state index in [1.54, 1.807) is 0 Å². The van der Waals surface area contributed by atoms with Crippen LogP contribution in [0.5, 0.6) is 0 Å². The highest BCUT2D eigenvalue weighted by molar-refractivity contribution is 6.88. The first kappa shape index (κ1) is 46.8. The van der Waals surface area contributed by atoms with Crippen LogP contribution in [0.1, 0.15) is 26.7 Å². The number of alkyl carbamates (subject to hydrolysis) is 1. The Morgan fingerprint density at radius 3 is 1.19 bits per heavy atom. The third kappa shape index (κ3) is 25.4. The molecule has 0 radical (unpaired) electrons. The van der Waals surface area contributed by atoms with Crippen LogP contribution >= 0.6 is 0 Å². The van der Waals surface area contributed by atoms with Crippen LogP contribution in [0.3, 0.4) is 0 Å². The lowest BCUT2D eigenvalue weighted by atomic mass is 9.92. The van der Waals surface area contributed by atoms with E-state index in [2.05, 4.69) is 97.0 Å². The van der Waals surface area contributed by atoms with E-state index >= 15 is 0 Å². The summed E-state index contributed by atoms with van der Waals surface area (Å²) in [6.07, 6.45) is 0.982. The minimum atomic E-state index is -2.40. The van der Waals surface area contributed by atoms with Gasteiger partial charge in [0.25, 0.3) is 0 Å². The summed E-state index contributed by atoms with van der Waals surface area (Å²) in [6.45, 7) is 35.6. The number of rotatable bonds is 25. The van der Waals surface area contributed by atoms with Crippen LogP contribution in [0.4, 0.5) is 4.79 Å². The summed E-state index contributed by atoms with van der Waals surface area (Å²) in [7, 11) is -12.0. The minimum absolute atomic E-state index is 0.00436. The Kier molecular flexibility index (Phi) is 19.9. The molecule has 0 saturated heterocycles. The molecule has 0 spiro atoms. The van der Waals surface area contributed by atoms with Gasteiger partial charge in [0, 0.05) is 26.7 Å². The first-order chi connectivity index (χ1) is 21.1. The van der Waals surface area contributed by atoms with E-state index in [1.165, 1.54) is 6.92 Å². The maximum absolute atomic E-state index is 12.3. The van der Waals surface area contributed by atoms with Crippen molar-refractivity contribution in [2.45, 2.75) is 130 Å². The van der Waals surface area contributed by atoms with E-state index in [1.807, 2.05) is 6.92 Å². The summed E-state index contributed by atoms with van der Waals surface area (Å²) in [4.78, 5) is 24.2. The van der Waals surface area contributed by atoms with E-state index < -0.39 is 67.9 Å². The topological polar surface area (TPSA) is 120 Å². The number of carbonyl (C=O) groups excluding carboxylic acids is 2. The van der Waals surface area contributed by atoms with Crippen molar-refractivity contribution in [2.75, 3.05) is 46.2 Å². The molecule has 0 rings (SSSR count). The van der Waals surface area contributed by atoms with Crippen molar-refractivity contribution in [2.24, 2.45) is 5.41 Å².